The summed E-state index contributed by atoms with van der Waals surface area (Å²) in [6.45, 7) is 5.26. The first-order valence-electron chi connectivity index (χ1n) is 6.42. The van der Waals surface area contributed by atoms with Gasteiger partial charge in [-0.1, -0.05) is 28.1 Å². The van der Waals surface area contributed by atoms with Crippen LogP contribution in [0.1, 0.15) is 17.4 Å². The summed E-state index contributed by atoms with van der Waals surface area (Å²) in [5.74, 6) is 0. The smallest absolute Gasteiger partial charge is 0.123 e. The molecule has 0 fully saturated rings. The number of nitrogens with zero attached hydrogens (tertiary/aromatic N) is 1. The van der Waals surface area contributed by atoms with Crippen molar-refractivity contribution < 1.29 is 9.47 Å². The number of ether oxygens (including phenoxy) is 2. The Hall–Kier alpha value is -0.750. The van der Waals surface area contributed by atoms with Gasteiger partial charge in [-0.3, -0.25) is 0 Å². The summed E-state index contributed by atoms with van der Waals surface area (Å²) in [7, 11) is 1.69. The first-order valence-corrected chi connectivity index (χ1v) is 8.03. The highest BCUT2D eigenvalue weighted by atomic mass is 79.9. The summed E-state index contributed by atoms with van der Waals surface area (Å²) in [6, 6.07) is 6.17. The number of aromatic nitrogens is 1. The standard InChI is InChI=1S/C15H18BrNO2S/c1-10(18-3)8-19-9-12-7-17-15(20-12)13-5-4-6-14(16)11(13)2/h4-7,10H,8-9H2,1-3H3. The molecule has 5 heteroatoms. The number of hydrogen-bond donors (Lipinski definition) is 0. The molecule has 3 nitrogen and oxygen atoms in total. The molecule has 1 atom stereocenters. The van der Waals surface area contributed by atoms with Crippen LogP contribution in [0.25, 0.3) is 10.6 Å². The second-order valence-corrected chi connectivity index (χ2v) is 6.58. The Morgan fingerprint density at radius 2 is 2.20 bits per heavy atom. The molecule has 1 aromatic heterocycles. The molecule has 0 aliphatic rings. The molecule has 1 unspecified atom stereocenters. The van der Waals surface area contributed by atoms with Gasteiger partial charge < -0.3 is 9.47 Å². The first-order chi connectivity index (χ1) is 9.61. The van der Waals surface area contributed by atoms with E-state index in [0.717, 1.165) is 14.4 Å². The minimum Gasteiger partial charge on any atom is -0.379 e. The van der Waals surface area contributed by atoms with E-state index in [2.05, 4.69) is 33.9 Å². The predicted octanol–water partition coefficient (Wildman–Crippen LogP) is 4.43. The quantitative estimate of drug-likeness (QED) is 0.767. The lowest BCUT2D eigenvalue weighted by atomic mass is 10.1. The summed E-state index contributed by atoms with van der Waals surface area (Å²) in [4.78, 5) is 5.62. The van der Waals surface area contributed by atoms with Gasteiger partial charge in [-0.05, 0) is 25.5 Å². The molecule has 0 aliphatic heterocycles. The fourth-order valence-electron chi connectivity index (χ4n) is 1.73. The Bertz CT molecular complexity index is 571. The van der Waals surface area contributed by atoms with Crippen LogP contribution in [-0.2, 0) is 16.1 Å². The van der Waals surface area contributed by atoms with Crippen LogP contribution in [0.2, 0.25) is 0 Å². The van der Waals surface area contributed by atoms with Gasteiger partial charge in [0, 0.05) is 23.3 Å². The van der Waals surface area contributed by atoms with Gasteiger partial charge in [0.25, 0.3) is 0 Å². The average molecular weight is 356 g/mol. The molecule has 0 radical (unpaired) electrons. The van der Waals surface area contributed by atoms with Gasteiger partial charge in [0.1, 0.15) is 5.01 Å². The number of hydrogen-bond acceptors (Lipinski definition) is 4. The largest absolute Gasteiger partial charge is 0.379 e. The minimum atomic E-state index is 0.120. The molecule has 2 rings (SSSR count). The number of benzene rings is 1. The molecule has 0 aliphatic carbocycles. The Morgan fingerprint density at radius 3 is 2.95 bits per heavy atom. The van der Waals surface area contributed by atoms with Gasteiger partial charge in [-0.2, -0.15) is 0 Å². The Kier molecular flexibility index (Phi) is 5.72. The molecule has 108 valence electrons. The Labute approximate surface area is 132 Å². The van der Waals surface area contributed by atoms with Crippen molar-refractivity contribution in [3.05, 3.63) is 39.3 Å². The second kappa shape index (κ2) is 7.31. The van der Waals surface area contributed by atoms with Crippen LogP contribution in [0.15, 0.2) is 28.9 Å². The maximum Gasteiger partial charge on any atom is 0.123 e. The monoisotopic (exact) mass is 355 g/mol. The summed E-state index contributed by atoms with van der Waals surface area (Å²) in [5, 5.41) is 1.03. The molecule has 0 saturated heterocycles. The van der Waals surface area contributed by atoms with Crippen LogP contribution in [-0.4, -0.2) is 24.8 Å². The van der Waals surface area contributed by atoms with Crippen LogP contribution in [0.4, 0.5) is 0 Å². The van der Waals surface area contributed by atoms with Gasteiger partial charge in [-0.15, -0.1) is 11.3 Å². The Morgan fingerprint density at radius 1 is 1.40 bits per heavy atom. The summed E-state index contributed by atoms with van der Waals surface area (Å²) < 4.78 is 11.9. The molecule has 2 aromatic rings. The predicted molar refractivity (Wildman–Crippen MR) is 86.1 cm³/mol. The van der Waals surface area contributed by atoms with E-state index >= 15 is 0 Å². The van der Waals surface area contributed by atoms with Crippen LogP contribution < -0.4 is 0 Å². The van der Waals surface area contributed by atoms with Crippen LogP contribution in [0, 0.1) is 6.92 Å². The van der Waals surface area contributed by atoms with E-state index in [9.17, 15) is 0 Å². The maximum absolute atomic E-state index is 5.61. The van der Waals surface area contributed by atoms with E-state index in [1.54, 1.807) is 18.4 Å². The lowest BCUT2D eigenvalue weighted by Gasteiger charge is -2.08. The van der Waals surface area contributed by atoms with Crippen molar-refractivity contribution in [1.82, 2.24) is 4.98 Å². The van der Waals surface area contributed by atoms with Crippen LogP contribution in [0.5, 0.6) is 0 Å². The van der Waals surface area contributed by atoms with Crippen molar-refractivity contribution in [2.75, 3.05) is 13.7 Å². The van der Waals surface area contributed by atoms with Gasteiger partial charge in [-0.25, -0.2) is 4.98 Å². The third-order valence-corrected chi connectivity index (χ3v) is 4.91. The highest BCUT2D eigenvalue weighted by Crippen LogP contribution is 2.31. The van der Waals surface area contributed by atoms with E-state index in [1.807, 2.05) is 25.3 Å². The molecular weight excluding hydrogens is 338 g/mol. The molecular formula is C15H18BrNO2S. The summed E-state index contributed by atoms with van der Waals surface area (Å²) >= 11 is 5.22. The van der Waals surface area contributed by atoms with E-state index in [4.69, 9.17) is 9.47 Å². The van der Waals surface area contributed by atoms with Gasteiger partial charge in [0.05, 0.1) is 24.2 Å². The van der Waals surface area contributed by atoms with E-state index in [0.29, 0.717) is 13.2 Å². The Balaban J connectivity index is 2.03. The number of rotatable bonds is 6. The molecule has 20 heavy (non-hydrogen) atoms. The highest BCUT2D eigenvalue weighted by molar-refractivity contribution is 9.10. The third-order valence-electron chi connectivity index (χ3n) is 3.05. The minimum absolute atomic E-state index is 0.120. The molecule has 0 spiro atoms. The van der Waals surface area contributed by atoms with Gasteiger partial charge >= 0.3 is 0 Å². The topological polar surface area (TPSA) is 31.4 Å². The zero-order chi connectivity index (χ0) is 14.5. The normalized spacial score (nSPS) is 12.6. The molecule has 1 heterocycles. The SMILES string of the molecule is COC(C)COCc1cnc(-c2cccc(Br)c2C)s1. The summed E-state index contributed by atoms with van der Waals surface area (Å²) in [5.41, 5.74) is 2.38. The van der Waals surface area contributed by atoms with E-state index in [1.165, 1.54) is 11.1 Å². The molecule has 0 bridgehead atoms. The maximum atomic E-state index is 5.61. The molecule has 1 aromatic carbocycles. The van der Waals surface area contributed by atoms with Crippen molar-refractivity contribution in [1.29, 1.82) is 0 Å². The first kappa shape index (κ1) is 15.6. The molecule has 0 N–H and O–H groups in total. The van der Waals surface area contributed by atoms with E-state index < -0.39 is 0 Å². The number of methoxy groups -OCH3 is 1. The van der Waals surface area contributed by atoms with Crippen molar-refractivity contribution in [3.8, 4) is 10.6 Å². The number of halogens is 1. The lowest BCUT2D eigenvalue weighted by Crippen LogP contribution is -2.13. The fourth-order valence-corrected chi connectivity index (χ4v) is 3.03. The lowest BCUT2D eigenvalue weighted by molar-refractivity contribution is 0.0125. The molecule has 0 saturated carbocycles. The van der Waals surface area contributed by atoms with Crippen molar-refractivity contribution >= 4 is 27.3 Å². The summed E-state index contributed by atoms with van der Waals surface area (Å²) in [6.07, 6.45) is 2.01. The van der Waals surface area contributed by atoms with Crippen molar-refractivity contribution in [2.24, 2.45) is 0 Å². The van der Waals surface area contributed by atoms with Crippen LogP contribution in [0.3, 0.4) is 0 Å². The van der Waals surface area contributed by atoms with Gasteiger partial charge in [0.2, 0.25) is 0 Å². The zero-order valence-electron chi connectivity index (χ0n) is 11.9. The highest BCUT2D eigenvalue weighted by Gasteiger charge is 2.09. The zero-order valence-corrected chi connectivity index (χ0v) is 14.3. The molecule has 0 amide bonds. The second-order valence-electron chi connectivity index (χ2n) is 4.61. The number of thiazole rings is 1. The van der Waals surface area contributed by atoms with Gasteiger partial charge in [0.15, 0.2) is 0 Å². The van der Waals surface area contributed by atoms with E-state index in [-0.39, 0.29) is 6.10 Å². The third kappa shape index (κ3) is 3.88. The van der Waals surface area contributed by atoms with Crippen LogP contribution >= 0.6 is 27.3 Å². The average Bonchev–Trinajstić information content (AvgIpc) is 2.90. The fraction of sp³-hybridized carbons (Fsp3) is 0.400. The van der Waals surface area contributed by atoms with Crippen molar-refractivity contribution in [2.45, 2.75) is 26.6 Å². The van der Waals surface area contributed by atoms with Crippen molar-refractivity contribution in [3.63, 3.8) is 0 Å².